The van der Waals surface area contributed by atoms with Crippen LogP contribution in [-0.4, -0.2) is 23.3 Å². The van der Waals surface area contributed by atoms with Crippen LogP contribution in [0.5, 0.6) is 0 Å². The van der Waals surface area contributed by atoms with E-state index in [4.69, 9.17) is 0 Å². The Morgan fingerprint density at radius 2 is 1.88 bits per heavy atom. The summed E-state index contributed by atoms with van der Waals surface area (Å²) in [5.74, 6) is 0.819. The van der Waals surface area contributed by atoms with Gasteiger partial charge in [-0.2, -0.15) is 0 Å². The second-order valence-electron chi connectivity index (χ2n) is 4.73. The zero-order chi connectivity index (χ0) is 12.5. The maximum absolute atomic E-state index is 3.51. The molecule has 0 aliphatic rings. The van der Waals surface area contributed by atoms with Gasteiger partial charge in [0.25, 0.3) is 0 Å². The topological polar surface area (TPSA) is 3.24 Å². The molecule has 1 rings (SSSR count). The summed E-state index contributed by atoms with van der Waals surface area (Å²) in [4.78, 5) is 2.53. The third-order valence-corrected chi connectivity index (χ3v) is 3.69. The molecule has 0 aliphatic carbocycles. The molecule has 1 atom stereocenters. The molecule has 0 bridgehead atoms. The predicted octanol–water partition coefficient (Wildman–Crippen LogP) is 4.32. The molecule has 0 fully saturated rings. The molecule has 1 unspecified atom stereocenters. The van der Waals surface area contributed by atoms with Gasteiger partial charge < -0.3 is 0 Å². The monoisotopic (exact) mass is 297 g/mol. The first-order chi connectivity index (χ1) is 8.26. The fourth-order valence-electron chi connectivity index (χ4n) is 1.92. The summed E-state index contributed by atoms with van der Waals surface area (Å²) in [6.45, 7) is 8.02. The van der Waals surface area contributed by atoms with Gasteiger partial charge in [0.05, 0.1) is 0 Å². The van der Waals surface area contributed by atoms with E-state index in [9.17, 15) is 0 Å². The lowest BCUT2D eigenvalue weighted by molar-refractivity contribution is 0.258. The van der Waals surface area contributed by atoms with Crippen LogP contribution < -0.4 is 0 Å². The SMILES string of the molecule is CCN(CCC(C)CCBr)Cc1ccccc1. The van der Waals surface area contributed by atoms with E-state index in [-0.39, 0.29) is 0 Å². The highest BCUT2D eigenvalue weighted by molar-refractivity contribution is 9.09. The van der Waals surface area contributed by atoms with Gasteiger partial charge in [0.2, 0.25) is 0 Å². The minimum absolute atomic E-state index is 0.819. The van der Waals surface area contributed by atoms with Gasteiger partial charge in [0, 0.05) is 11.9 Å². The van der Waals surface area contributed by atoms with E-state index in [1.165, 1.54) is 24.9 Å². The van der Waals surface area contributed by atoms with Gasteiger partial charge in [-0.3, -0.25) is 4.90 Å². The summed E-state index contributed by atoms with van der Waals surface area (Å²) in [5, 5.41) is 1.12. The molecule has 2 heteroatoms. The van der Waals surface area contributed by atoms with Gasteiger partial charge in [-0.1, -0.05) is 60.1 Å². The highest BCUT2D eigenvalue weighted by Crippen LogP contribution is 2.12. The summed E-state index contributed by atoms with van der Waals surface area (Å²) in [7, 11) is 0. The first kappa shape index (κ1) is 14.7. The molecule has 96 valence electrons. The van der Waals surface area contributed by atoms with Crippen LogP contribution in [0.1, 0.15) is 32.3 Å². The van der Waals surface area contributed by atoms with Crippen molar-refractivity contribution in [3.05, 3.63) is 35.9 Å². The van der Waals surface area contributed by atoms with Crippen molar-refractivity contribution in [1.29, 1.82) is 0 Å². The molecule has 0 saturated carbocycles. The van der Waals surface area contributed by atoms with Crippen LogP contribution in [0.3, 0.4) is 0 Å². The molecular formula is C15H24BrN. The van der Waals surface area contributed by atoms with E-state index >= 15 is 0 Å². The third-order valence-electron chi connectivity index (χ3n) is 3.24. The molecule has 0 heterocycles. The molecule has 1 nitrogen and oxygen atoms in total. The van der Waals surface area contributed by atoms with E-state index in [2.05, 4.69) is 65.0 Å². The number of alkyl halides is 1. The fraction of sp³-hybridized carbons (Fsp3) is 0.600. The van der Waals surface area contributed by atoms with Crippen molar-refractivity contribution < 1.29 is 0 Å². The van der Waals surface area contributed by atoms with Crippen LogP contribution in [0.4, 0.5) is 0 Å². The molecule has 17 heavy (non-hydrogen) atoms. The van der Waals surface area contributed by atoms with Crippen LogP contribution in [0.25, 0.3) is 0 Å². The van der Waals surface area contributed by atoms with Crippen molar-refractivity contribution >= 4 is 15.9 Å². The molecule has 0 aromatic heterocycles. The Bertz CT molecular complexity index is 286. The smallest absolute Gasteiger partial charge is 0.0233 e. The van der Waals surface area contributed by atoms with Crippen molar-refractivity contribution in [2.45, 2.75) is 33.2 Å². The number of hydrogen-bond donors (Lipinski definition) is 0. The second-order valence-corrected chi connectivity index (χ2v) is 5.52. The first-order valence-electron chi connectivity index (χ1n) is 6.58. The van der Waals surface area contributed by atoms with Gasteiger partial charge >= 0.3 is 0 Å². The average Bonchev–Trinajstić information content (AvgIpc) is 2.36. The minimum Gasteiger partial charge on any atom is -0.299 e. The van der Waals surface area contributed by atoms with Crippen LogP contribution in [0, 0.1) is 5.92 Å². The van der Waals surface area contributed by atoms with E-state index < -0.39 is 0 Å². The van der Waals surface area contributed by atoms with Crippen molar-refractivity contribution in [2.75, 3.05) is 18.4 Å². The van der Waals surface area contributed by atoms with Gasteiger partial charge in [0.15, 0.2) is 0 Å². The number of hydrogen-bond acceptors (Lipinski definition) is 1. The Morgan fingerprint density at radius 1 is 1.18 bits per heavy atom. The molecule has 0 aliphatic heterocycles. The predicted molar refractivity (Wildman–Crippen MR) is 79.6 cm³/mol. The van der Waals surface area contributed by atoms with Crippen molar-refractivity contribution in [3.8, 4) is 0 Å². The molecule has 1 aromatic carbocycles. The summed E-state index contributed by atoms with van der Waals surface area (Å²) >= 11 is 3.51. The van der Waals surface area contributed by atoms with E-state index in [1.54, 1.807) is 0 Å². The first-order valence-corrected chi connectivity index (χ1v) is 7.70. The third kappa shape index (κ3) is 6.23. The van der Waals surface area contributed by atoms with Crippen LogP contribution in [0.15, 0.2) is 30.3 Å². The summed E-state index contributed by atoms with van der Waals surface area (Å²) < 4.78 is 0. The molecule has 0 radical (unpaired) electrons. The Kier molecular flexibility index (Phi) is 7.54. The lowest BCUT2D eigenvalue weighted by Gasteiger charge is -2.22. The van der Waals surface area contributed by atoms with Crippen molar-refractivity contribution in [1.82, 2.24) is 4.90 Å². The van der Waals surface area contributed by atoms with Crippen LogP contribution in [0.2, 0.25) is 0 Å². The Balaban J connectivity index is 2.34. The summed E-state index contributed by atoms with van der Waals surface area (Å²) in [6, 6.07) is 10.8. The zero-order valence-corrected chi connectivity index (χ0v) is 12.6. The lowest BCUT2D eigenvalue weighted by atomic mass is 10.0. The van der Waals surface area contributed by atoms with Crippen LogP contribution >= 0.6 is 15.9 Å². The molecule has 0 amide bonds. The molecule has 1 aromatic rings. The lowest BCUT2D eigenvalue weighted by Crippen LogP contribution is -2.25. The van der Waals surface area contributed by atoms with Gasteiger partial charge in [0.1, 0.15) is 0 Å². The molecule has 0 N–H and O–H groups in total. The Morgan fingerprint density at radius 3 is 2.47 bits per heavy atom. The van der Waals surface area contributed by atoms with Gasteiger partial charge in [-0.15, -0.1) is 0 Å². The van der Waals surface area contributed by atoms with E-state index in [0.717, 1.165) is 24.3 Å². The van der Waals surface area contributed by atoms with E-state index in [1.807, 2.05) is 0 Å². The van der Waals surface area contributed by atoms with E-state index in [0.29, 0.717) is 0 Å². The standard InChI is InChI=1S/C15H24BrN/c1-3-17(12-10-14(2)9-11-16)13-15-7-5-4-6-8-15/h4-8,14H,3,9-13H2,1-2H3. The summed E-state index contributed by atoms with van der Waals surface area (Å²) in [6.07, 6.45) is 2.58. The maximum Gasteiger partial charge on any atom is 0.0233 e. The van der Waals surface area contributed by atoms with Crippen molar-refractivity contribution in [3.63, 3.8) is 0 Å². The molecule has 0 spiro atoms. The Labute approximate surface area is 114 Å². The van der Waals surface area contributed by atoms with Gasteiger partial charge in [-0.25, -0.2) is 0 Å². The highest BCUT2D eigenvalue weighted by atomic mass is 79.9. The number of nitrogens with zero attached hydrogens (tertiary/aromatic N) is 1. The van der Waals surface area contributed by atoms with Gasteiger partial charge in [-0.05, 0) is 37.4 Å². The normalized spacial score (nSPS) is 12.9. The zero-order valence-electron chi connectivity index (χ0n) is 11.0. The molecule has 0 saturated heterocycles. The molecular weight excluding hydrogens is 274 g/mol. The Hall–Kier alpha value is -0.340. The average molecular weight is 298 g/mol. The highest BCUT2D eigenvalue weighted by Gasteiger charge is 2.06. The second kappa shape index (κ2) is 8.71. The fourth-order valence-corrected chi connectivity index (χ4v) is 2.71. The minimum atomic E-state index is 0.819. The quantitative estimate of drug-likeness (QED) is 0.646. The number of rotatable bonds is 8. The number of benzene rings is 1. The van der Waals surface area contributed by atoms with Crippen LogP contribution in [-0.2, 0) is 6.54 Å². The maximum atomic E-state index is 3.51. The van der Waals surface area contributed by atoms with Crippen molar-refractivity contribution in [2.24, 2.45) is 5.92 Å². The summed E-state index contributed by atoms with van der Waals surface area (Å²) in [5.41, 5.74) is 1.42. The largest absolute Gasteiger partial charge is 0.299 e. The number of halogens is 1.